The minimum absolute atomic E-state index is 0.0151. The minimum Gasteiger partial charge on any atom is -0.484 e. The lowest BCUT2D eigenvalue weighted by Gasteiger charge is -2.35. The van der Waals surface area contributed by atoms with Gasteiger partial charge in [-0.2, -0.15) is 0 Å². The number of halogens is 1. The molecule has 1 saturated heterocycles. The zero-order valence-corrected chi connectivity index (χ0v) is 15.3. The van der Waals surface area contributed by atoms with Gasteiger partial charge in [0.1, 0.15) is 17.8 Å². The molecule has 4 rings (SSSR count). The first kappa shape index (κ1) is 18.2. The number of carbonyl (C=O) groups is 1. The highest BCUT2D eigenvalue weighted by molar-refractivity contribution is 5.92. The summed E-state index contributed by atoms with van der Waals surface area (Å²) in [5.74, 6) is 0.0860. The fraction of sp³-hybridized carbons (Fsp3) is 0.286. The normalized spacial score (nSPS) is 16.8. The molecular weight excluding hydrogens is 361 g/mol. The van der Waals surface area contributed by atoms with E-state index in [2.05, 4.69) is 9.97 Å². The van der Waals surface area contributed by atoms with E-state index < -0.39 is 0 Å². The van der Waals surface area contributed by atoms with Crippen LogP contribution in [-0.4, -0.2) is 27.3 Å². The number of aromatic nitrogens is 2. The Labute approximate surface area is 162 Å². The molecule has 0 saturated carbocycles. The summed E-state index contributed by atoms with van der Waals surface area (Å²) in [5.41, 5.74) is 1.27. The van der Waals surface area contributed by atoms with Gasteiger partial charge in [-0.3, -0.25) is 9.78 Å². The predicted molar refractivity (Wildman–Crippen MR) is 99.1 cm³/mol. The average molecular weight is 381 g/mol. The highest BCUT2D eigenvalue weighted by Gasteiger charge is 2.30. The van der Waals surface area contributed by atoms with Gasteiger partial charge in [0.2, 0.25) is 5.89 Å². The third-order valence-electron chi connectivity index (χ3n) is 4.76. The number of oxazole rings is 1. The third-order valence-corrected chi connectivity index (χ3v) is 4.76. The largest absolute Gasteiger partial charge is 0.484 e. The maximum Gasteiger partial charge on any atom is 0.276 e. The molecule has 7 heteroatoms. The van der Waals surface area contributed by atoms with Crippen molar-refractivity contribution < 1.29 is 18.3 Å². The van der Waals surface area contributed by atoms with Crippen molar-refractivity contribution in [2.75, 3.05) is 6.54 Å². The Morgan fingerprint density at radius 2 is 2.21 bits per heavy atom. The van der Waals surface area contributed by atoms with Gasteiger partial charge in [0.25, 0.3) is 5.91 Å². The van der Waals surface area contributed by atoms with Crippen LogP contribution >= 0.6 is 0 Å². The van der Waals surface area contributed by atoms with Crippen molar-refractivity contribution in [3.05, 3.63) is 78.0 Å². The van der Waals surface area contributed by atoms with Crippen LogP contribution < -0.4 is 4.74 Å². The zero-order valence-electron chi connectivity index (χ0n) is 15.3. The van der Waals surface area contributed by atoms with Crippen LogP contribution in [0.4, 0.5) is 4.39 Å². The van der Waals surface area contributed by atoms with E-state index in [1.807, 2.05) is 17.0 Å². The number of benzene rings is 1. The summed E-state index contributed by atoms with van der Waals surface area (Å²) in [6, 6.07) is 9.68. The molecule has 0 bridgehead atoms. The SMILES string of the molecule is O=C(c1coc(COc2cccc(F)c2)n1)N1CCCCC1c1cccnc1. The number of likely N-dealkylation sites (tertiary alicyclic amines) is 1. The number of rotatable bonds is 5. The van der Waals surface area contributed by atoms with Crippen molar-refractivity contribution in [1.29, 1.82) is 0 Å². The Morgan fingerprint density at radius 1 is 1.29 bits per heavy atom. The van der Waals surface area contributed by atoms with E-state index in [0.29, 0.717) is 12.3 Å². The van der Waals surface area contributed by atoms with Gasteiger partial charge in [-0.1, -0.05) is 12.1 Å². The number of carbonyl (C=O) groups excluding carboxylic acids is 1. The van der Waals surface area contributed by atoms with Gasteiger partial charge in [-0.15, -0.1) is 0 Å². The van der Waals surface area contributed by atoms with Crippen LogP contribution in [0.3, 0.4) is 0 Å². The second-order valence-electron chi connectivity index (χ2n) is 6.67. The van der Waals surface area contributed by atoms with E-state index in [4.69, 9.17) is 9.15 Å². The summed E-state index contributed by atoms with van der Waals surface area (Å²) >= 11 is 0. The van der Waals surface area contributed by atoms with Gasteiger partial charge < -0.3 is 14.1 Å². The molecule has 1 amide bonds. The molecule has 3 aromatic rings. The molecule has 0 aliphatic carbocycles. The van der Waals surface area contributed by atoms with Gasteiger partial charge in [-0.05, 0) is 43.0 Å². The number of pyridine rings is 1. The van der Waals surface area contributed by atoms with Gasteiger partial charge in [0.15, 0.2) is 12.3 Å². The fourth-order valence-electron chi connectivity index (χ4n) is 3.42. The molecule has 6 nitrogen and oxygen atoms in total. The summed E-state index contributed by atoms with van der Waals surface area (Å²) < 4.78 is 24.1. The summed E-state index contributed by atoms with van der Waals surface area (Å²) in [6.45, 7) is 0.684. The van der Waals surface area contributed by atoms with Crippen LogP contribution in [0, 0.1) is 5.82 Å². The maximum atomic E-state index is 13.2. The van der Waals surface area contributed by atoms with Crippen LogP contribution in [0.15, 0.2) is 59.5 Å². The Bertz CT molecular complexity index is 945. The molecule has 0 spiro atoms. The molecule has 28 heavy (non-hydrogen) atoms. The number of ether oxygens (including phenoxy) is 1. The minimum atomic E-state index is -0.382. The predicted octanol–water partition coefficient (Wildman–Crippen LogP) is 4.16. The number of hydrogen-bond donors (Lipinski definition) is 0. The zero-order chi connectivity index (χ0) is 19.3. The highest BCUT2D eigenvalue weighted by atomic mass is 19.1. The third kappa shape index (κ3) is 4.03. The average Bonchev–Trinajstić information content (AvgIpc) is 3.21. The Balaban J connectivity index is 1.45. The van der Waals surface area contributed by atoms with Gasteiger partial charge in [0, 0.05) is 25.0 Å². The van der Waals surface area contributed by atoms with Crippen LogP contribution in [0.1, 0.15) is 47.2 Å². The fourth-order valence-corrected chi connectivity index (χ4v) is 3.42. The number of nitrogens with zero attached hydrogens (tertiary/aromatic N) is 3. The standard InChI is InChI=1S/C21H20FN3O3/c22-16-6-3-7-17(11-16)27-14-20-24-18(13-28-20)21(26)25-10-2-1-8-19(25)15-5-4-9-23-12-15/h3-7,9,11-13,19H,1-2,8,10,14H2. The second-order valence-corrected chi connectivity index (χ2v) is 6.67. The number of hydrogen-bond acceptors (Lipinski definition) is 5. The molecule has 3 heterocycles. The molecule has 1 aromatic carbocycles. The van der Waals surface area contributed by atoms with Crippen LogP contribution in [-0.2, 0) is 6.61 Å². The molecule has 1 aliphatic heterocycles. The van der Waals surface area contributed by atoms with Gasteiger partial charge in [0.05, 0.1) is 6.04 Å². The van der Waals surface area contributed by atoms with Crippen LogP contribution in [0.5, 0.6) is 5.75 Å². The summed E-state index contributed by atoms with van der Waals surface area (Å²) in [4.78, 5) is 23.3. The molecule has 1 unspecified atom stereocenters. The smallest absolute Gasteiger partial charge is 0.276 e. The molecule has 0 radical (unpaired) electrons. The first-order chi connectivity index (χ1) is 13.7. The molecule has 1 aliphatic rings. The van der Waals surface area contributed by atoms with Crippen LogP contribution in [0.25, 0.3) is 0 Å². The van der Waals surface area contributed by atoms with Crippen LogP contribution in [0.2, 0.25) is 0 Å². The summed E-state index contributed by atoms with van der Waals surface area (Å²) in [5, 5.41) is 0. The highest BCUT2D eigenvalue weighted by Crippen LogP contribution is 2.31. The molecular formula is C21H20FN3O3. The number of piperidine rings is 1. The summed E-state index contributed by atoms with van der Waals surface area (Å²) in [6.07, 6.45) is 7.79. The van der Waals surface area contributed by atoms with E-state index in [-0.39, 0.29) is 36.0 Å². The molecule has 144 valence electrons. The lowest BCUT2D eigenvalue weighted by molar-refractivity contribution is 0.0605. The monoisotopic (exact) mass is 381 g/mol. The van der Waals surface area contributed by atoms with Crippen molar-refractivity contribution >= 4 is 5.91 Å². The van der Waals surface area contributed by atoms with Crippen molar-refractivity contribution in [2.45, 2.75) is 31.9 Å². The Morgan fingerprint density at radius 3 is 3.04 bits per heavy atom. The Kier molecular flexibility index (Phi) is 5.32. The van der Waals surface area contributed by atoms with E-state index in [9.17, 15) is 9.18 Å². The van der Waals surface area contributed by atoms with E-state index >= 15 is 0 Å². The molecule has 2 aromatic heterocycles. The first-order valence-corrected chi connectivity index (χ1v) is 9.24. The second kappa shape index (κ2) is 8.21. The van der Waals surface area contributed by atoms with Crippen molar-refractivity contribution in [3.8, 4) is 5.75 Å². The van der Waals surface area contributed by atoms with Gasteiger partial charge in [-0.25, -0.2) is 9.37 Å². The molecule has 1 fully saturated rings. The van der Waals surface area contributed by atoms with E-state index in [0.717, 1.165) is 24.8 Å². The Hall–Kier alpha value is -3.22. The summed E-state index contributed by atoms with van der Waals surface area (Å²) in [7, 11) is 0. The molecule has 0 N–H and O–H groups in total. The van der Waals surface area contributed by atoms with Gasteiger partial charge >= 0.3 is 0 Å². The number of amides is 1. The van der Waals surface area contributed by atoms with E-state index in [1.54, 1.807) is 24.5 Å². The lowest BCUT2D eigenvalue weighted by Crippen LogP contribution is -2.38. The topological polar surface area (TPSA) is 68.5 Å². The van der Waals surface area contributed by atoms with Crippen molar-refractivity contribution in [3.63, 3.8) is 0 Å². The van der Waals surface area contributed by atoms with Crippen molar-refractivity contribution in [1.82, 2.24) is 14.9 Å². The van der Waals surface area contributed by atoms with Crippen molar-refractivity contribution in [2.24, 2.45) is 0 Å². The lowest BCUT2D eigenvalue weighted by atomic mass is 9.96. The molecule has 1 atom stereocenters. The van der Waals surface area contributed by atoms with E-state index in [1.165, 1.54) is 18.4 Å². The quantitative estimate of drug-likeness (QED) is 0.664. The maximum absolute atomic E-state index is 13.2. The first-order valence-electron chi connectivity index (χ1n) is 9.24.